The average molecular weight is 475 g/mol. The van der Waals surface area contributed by atoms with Gasteiger partial charge < -0.3 is 25.6 Å². The highest BCUT2D eigenvalue weighted by molar-refractivity contribution is 7.18. The van der Waals surface area contributed by atoms with Crippen LogP contribution in [0.25, 0.3) is 10.4 Å². The van der Waals surface area contributed by atoms with Gasteiger partial charge in [-0.3, -0.25) is 0 Å². The van der Waals surface area contributed by atoms with Gasteiger partial charge in [0.25, 0.3) is 0 Å². The number of urea groups is 1. The maximum absolute atomic E-state index is 12.4. The van der Waals surface area contributed by atoms with Gasteiger partial charge in [0.15, 0.2) is 11.5 Å². The molecule has 1 saturated carbocycles. The third-order valence-corrected chi connectivity index (χ3v) is 7.19. The summed E-state index contributed by atoms with van der Waals surface area (Å²) in [5.41, 5.74) is 2.35. The van der Waals surface area contributed by atoms with Crippen molar-refractivity contribution in [1.29, 1.82) is 0 Å². The van der Waals surface area contributed by atoms with E-state index in [1.165, 1.54) is 6.42 Å². The van der Waals surface area contributed by atoms with Gasteiger partial charge in [0.2, 0.25) is 0 Å². The molecule has 0 radical (unpaired) electrons. The number of nitrogens with one attached hydrogen (secondary N) is 2. The predicted molar refractivity (Wildman–Crippen MR) is 126 cm³/mol. The van der Waals surface area contributed by atoms with Crippen LogP contribution in [0.5, 0.6) is 5.75 Å². The molecule has 3 rings (SSSR count). The molecule has 1 atom stereocenters. The van der Waals surface area contributed by atoms with E-state index in [1.807, 2.05) is 31.2 Å². The normalized spacial score (nSPS) is 15.0. The maximum Gasteiger partial charge on any atom is 0.349 e. The summed E-state index contributed by atoms with van der Waals surface area (Å²) < 4.78 is 5.31. The fraction of sp³-hybridized carbons (Fsp3) is 0.458. The molecule has 1 aliphatic carbocycles. The molecule has 1 aromatic carbocycles. The largest absolute Gasteiger partial charge is 0.480 e. The smallest absolute Gasteiger partial charge is 0.349 e. The molecule has 2 aromatic rings. The number of hydrogen-bond acceptors (Lipinski definition) is 5. The average Bonchev–Trinajstić information content (AvgIpc) is 3.13. The highest BCUT2D eigenvalue weighted by Crippen LogP contribution is 2.43. The van der Waals surface area contributed by atoms with Gasteiger partial charge in [0.1, 0.15) is 5.75 Å². The Morgan fingerprint density at radius 2 is 1.91 bits per heavy atom. The van der Waals surface area contributed by atoms with Gasteiger partial charge in [-0.05, 0) is 49.8 Å². The van der Waals surface area contributed by atoms with E-state index in [-0.39, 0.29) is 22.7 Å². The first kappa shape index (κ1) is 24.6. The number of rotatable bonds is 9. The molecular formula is C24H30N2O6S. The van der Waals surface area contributed by atoms with Gasteiger partial charge in [-0.2, -0.15) is 0 Å². The molecule has 0 spiro atoms. The summed E-state index contributed by atoms with van der Waals surface area (Å²) in [7, 11) is 0. The van der Waals surface area contributed by atoms with E-state index in [4.69, 9.17) is 9.84 Å². The summed E-state index contributed by atoms with van der Waals surface area (Å²) in [5, 5.41) is 24.5. The van der Waals surface area contributed by atoms with Crippen molar-refractivity contribution >= 4 is 29.3 Å². The molecule has 9 heteroatoms. The van der Waals surface area contributed by atoms with E-state index in [2.05, 4.69) is 10.6 Å². The molecule has 0 aliphatic heterocycles. The van der Waals surface area contributed by atoms with Crippen molar-refractivity contribution < 1.29 is 29.3 Å². The number of benzene rings is 1. The Labute approximate surface area is 197 Å². The lowest BCUT2D eigenvalue weighted by molar-refractivity contribution is -0.139. The molecular weight excluding hydrogens is 444 g/mol. The number of ether oxygens (including phenoxy) is 1. The number of hydrogen-bond donors (Lipinski definition) is 4. The van der Waals surface area contributed by atoms with Crippen LogP contribution in [0.4, 0.5) is 4.79 Å². The molecule has 33 heavy (non-hydrogen) atoms. The highest BCUT2D eigenvalue weighted by atomic mass is 32.1. The number of carboxylic acids is 2. The van der Waals surface area contributed by atoms with Crippen molar-refractivity contribution in [2.45, 2.75) is 52.0 Å². The third kappa shape index (κ3) is 6.04. The molecule has 4 N–H and O–H groups in total. The van der Waals surface area contributed by atoms with E-state index in [0.717, 1.165) is 48.1 Å². The third-order valence-electron chi connectivity index (χ3n) is 5.88. The lowest BCUT2D eigenvalue weighted by Crippen LogP contribution is -2.41. The Morgan fingerprint density at radius 1 is 1.18 bits per heavy atom. The van der Waals surface area contributed by atoms with Gasteiger partial charge in [-0.1, -0.05) is 37.5 Å². The first-order valence-corrected chi connectivity index (χ1v) is 12.0. The van der Waals surface area contributed by atoms with Crippen LogP contribution in [0.2, 0.25) is 0 Å². The van der Waals surface area contributed by atoms with Crippen LogP contribution in [-0.2, 0) is 4.79 Å². The van der Waals surface area contributed by atoms with Crippen molar-refractivity contribution in [2.24, 2.45) is 5.92 Å². The number of carboxylic acid groups (broad SMARTS) is 2. The van der Waals surface area contributed by atoms with Gasteiger partial charge >= 0.3 is 18.0 Å². The van der Waals surface area contributed by atoms with Crippen molar-refractivity contribution in [3.8, 4) is 16.2 Å². The van der Waals surface area contributed by atoms with Gasteiger partial charge in [-0.25, -0.2) is 14.4 Å². The van der Waals surface area contributed by atoms with Crippen LogP contribution >= 0.6 is 11.3 Å². The van der Waals surface area contributed by atoms with Crippen LogP contribution in [-0.4, -0.2) is 41.3 Å². The van der Waals surface area contributed by atoms with Crippen LogP contribution in [0, 0.1) is 12.8 Å². The summed E-state index contributed by atoms with van der Waals surface area (Å²) in [6, 6.07) is 7.40. The van der Waals surface area contributed by atoms with E-state index < -0.39 is 18.5 Å². The van der Waals surface area contributed by atoms with E-state index in [9.17, 15) is 19.5 Å². The SMILES string of the molecule is CCNC(=O)NC(c1cccc(-c2sc(C(=O)O)c(OCC(=O)O)c2C)c1)C1CCCCC1. The zero-order chi connectivity index (χ0) is 24.0. The lowest BCUT2D eigenvalue weighted by Gasteiger charge is -2.31. The number of aliphatic carboxylic acids is 1. The molecule has 0 saturated heterocycles. The van der Waals surface area contributed by atoms with E-state index in [1.54, 1.807) is 6.92 Å². The molecule has 1 aromatic heterocycles. The topological polar surface area (TPSA) is 125 Å². The molecule has 0 bridgehead atoms. The van der Waals surface area contributed by atoms with Crippen LogP contribution in [0.3, 0.4) is 0 Å². The molecule has 1 unspecified atom stereocenters. The molecule has 8 nitrogen and oxygen atoms in total. The maximum atomic E-state index is 12.4. The van der Waals surface area contributed by atoms with Crippen LogP contribution < -0.4 is 15.4 Å². The lowest BCUT2D eigenvalue weighted by atomic mass is 9.81. The second-order valence-electron chi connectivity index (χ2n) is 8.21. The first-order chi connectivity index (χ1) is 15.8. The molecule has 1 heterocycles. The Morgan fingerprint density at radius 3 is 2.55 bits per heavy atom. The summed E-state index contributed by atoms with van der Waals surface area (Å²) in [6.07, 6.45) is 5.55. The highest BCUT2D eigenvalue weighted by Gasteiger charge is 2.28. The predicted octanol–water partition coefficient (Wildman–Crippen LogP) is 4.83. The Bertz CT molecular complexity index is 1010. The number of aromatic carboxylic acids is 1. The van der Waals surface area contributed by atoms with Gasteiger partial charge in [0.05, 0.1) is 6.04 Å². The van der Waals surface area contributed by atoms with E-state index in [0.29, 0.717) is 22.9 Å². The number of amides is 2. The standard InChI is InChI=1S/C24H30N2O6S/c1-3-25-24(31)26-19(15-8-5-4-6-9-15)16-10-7-11-17(12-16)21-14(2)20(32-13-18(27)28)22(33-21)23(29)30/h7,10-12,15,19H,3-6,8-9,13H2,1-2H3,(H,27,28)(H,29,30)(H2,25,26,31). The number of carbonyl (C=O) groups is 3. The fourth-order valence-corrected chi connectivity index (χ4v) is 5.48. The Kier molecular flexibility index (Phi) is 8.32. The second-order valence-corrected chi connectivity index (χ2v) is 9.23. The molecule has 1 aliphatic rings. The fourth-order valence-electron chi connectivity index (χ4n) is 4.39. The molecule has 178 valence electrons. The molecule has 2 amide bonds. The minimum absolute atomic E-state index is 0.0292. The summed E-state index contributed by atoms with van der Waals surface area (Å²) >= 11 is 1.06. The number of thiophene rings is 1. The monoisotopic (exact) mass is 474 g/mol. The summed E-state index contributed by atoms with van der Waals surface area (Å²) in [5.74, 6) is -1.93. The van der Waals surface area contributed by atoms with Crippen molar-refractivity contribution in [1.82, 2.24) is 10.6 Å². The van der Waals surface area contributed by atoms with Crippen molar-refractivity contribution in [3.05, 3.63) is 40.3 Å². The van der Waals surface area contributed by atoms with Crippen molar-refractivity contribution in [2.75, 3.05) is 13.2 Å². The van der Waals surface area contributed by atoms with E-state index >= 15 is 0 Å². The first-order valence-electron chi connectivity index (χ1n) is 11.2. The van der Waals surface area contributed by atoms with Crippen LogP contribution in [0.1, 0.15) is 65.9 Å². The molecule has 1 fully saturated rings. The minimum atomic E-state index is -1.17. The zero-order valence-electron chi connectivity index (χ0n) is 18.8. The quantitative estimate of drug-likeness (QED) is 0.413. The summed E-state index contributed by atoms with van der Waals surface area (Å²) in [6.45, 7) is 3.53. The van der Waals surface area contributed by atoms with Gasteiger partial charge in [-0.15, -0.1) is 11.3 Å². The minimum Gasteiger partial charge on any atom is -0.480 e. The second kappa shape index (κ2) is 11.2. The Hall–Kier alpha value is -3.07. The van der Waals surface area contributed by atoms with Gasteiger partial charge in [0, 0.05) is 17.0 Å². The number of carbonyl (C=O) groups excluding carboxylic acids is 1. The van der Waals surface area contributed by atoms with Crippen LogP contribution in [0.15, 0.2) is 24.3 Å². The summed E-state index contributed by atoms with van der Waals surface area (Å²) in [4.78, 5) is 35.7. The van der Waals surface area contributed by atoms with Crippen molar-refractivity contribution in [3.63, 3.8) is 0 Å². The Balaban J connectivity index is 1.98. The zero-order valence-corrected chi connectivity index (χ0v) is 19.7.